The summed E-state index contributed by atoms with van der Waals surface area (Å²) in [6.45, 7) is -0.596. The van der Waals surface area contributed by atoms with Crippen molar-refractivity contribution in [3.05, 3.63) is 0 Å². The van der Waals surface area contributed by atoms with Crippen molar-refractivity contribution >= 4 is 23.6 Å². The molecule has 7 heteroatoms. The van der Waals surface area contributed by atoms with Crippen LogP contribution >= 0.6 is 11.8 Å². The minimum Gasteiger partial charge on any atom is -0.480 e. The zero-order valence-electron chi connectivity index (χ0n) is 7.40. The Bertz CT molecular complexity index is 230. The monoisotopic (exact) mass is 220 g/mol. The van der Waals surface area contributed by atoms with Gasteiger partial charge in [0.05, 0.1) is 12.6 Å². The van der Waals surface area contributed by atoms with Crippen LogP contribution in [0.2, 0.25) is 0 Å². The Kier molecular flexibility index (Phi) is 4.18. The van der Waals surface area contributed by atoms with Gasteiger partial charge in [-0.25, -0.2) is 4.79 Å². The topological polar surface area (TPSA) is 98.7 Å². The number of hydrogen-bond acceptors (Lipinski definition) is 5. The number of carbonyl (C=O) groups excluding carboxylic acids is 1. The molecule has 0 spiro atoms. The zero-order chi connectivity index (χ0) is 10.6. The maximum atomic E-state index is 11.4. The van der Waals surface area contributed by atoms with Gasteiger partial charge in [0.15, 0.2) is 0 Å². The number of carboxylic acid groups (broad SMARTS) is 1. The fourth-order valence-corrected chi connectivity index (χ4v) is 1.96. The minimum absolute atomic E-state index is 0.353. The van der Waals surface area contributed by atoms with Crippen LogP contribution in [-0.4, -0.2) is 52.4 Å². The number of hydrogen-bond donors (Lipinski definition) is 4. The number of carboxylic acids is 1. The second-order valence-electron chi connectivity index (χ2n) is 2.85. The molecule has 1 heterocycles. The van der Waals surface area contributed by atoms with E-state index in [2.05, 4.69) is 10.6 Å². The van der Waals surface area contributed by atoms with Crippen LogP contribution in [-0.2, 0) is 9.59 Å². The average molecular weight is 220 g/mol. The molecule has 0 aliphatic carbocycles. The molecule has 2 unspecified atom stereocenters. The van der Waals surface area contributed by atoms with E-state index in [0.717, 1.165) is 0 Å². The Morgan fingerprint density at radius 1 is 1.64 bits per heavy atom. The van der Waals surface area contributed by atoms with Crippen molar-refractivity contribution in [2.75, 3.05) is 18.2 Å². The van der Waals surface area contributed by atoms with E-state index in [4.69, 9.17) is 10.2 Å². The Morgan fingerprint density at radius 2 is 2.36 bits per heavy atom. The van der Waals surface area contributed by atoms with E-state index in [0.29, 0.717) is 11.6 Å². The highest BCUT2D eigenvalue weighted by atomic mass is 32.2. The molecule has 0 radical (unpaired) electrons. The van der Waals surface area contributed by atoms with Gasteiger partial charge < -0.3 is 15.5 Å². The molecule has 0 saturated carbocycles. The van der Waals surface area contributed by atoms with E-state index in [9.17, 15) is 9.59 Å². The van der Waals surface area contributed by atoms with Crippen LogP contribution < -0.4 is 10.6 Å². The highest BCUT2D eigenvalue weighted by Crippen LogP contribution is 2.09. The van der Waals surface area contributed by atoms with Gasteiger partial charge in [-0.2, -0.15) is 0 Å². The van der Waals surface area contributed by atoms with Crippen LogP contribution in [0.3, 0.4) is 0 Å². The van der Waals surface area contributed by atoms with Gasteiger partial charge in [-0.05, 0) is 0 Å². The number of amides is 1. The van der Waals surface area contributed by atoms with Gasteiger partial charge in [0.25, 0.3) is 0 Å². The summed E-state index contributed by atoms with van der Waals surface area (Å²) in [6.07, 6.45) is 0. The van der Waals surface area contributed by atoms with Gasteiger partial charge in [0, 0.05) is 11.6 Å². The van der Waals surface area contributed by atoms with E-state index in [1.165, 1.54) is 0 Å². The molecule has 1 rings (SSSR count). The average Bonchev–Trinajstić information content (AvgIpc) is 2.65. The highest BCUT2D eigenvalue weighted by molar-refractivity contribution is 7.99. The first-order valence-corrected chi connectivity index (χ1v) is 5.25. The number of nitrogens with one attached hydrogen (secondary N) is 2. The van der Waals surface area contributed by atoms with Crippen LogP contribution in [0.5, 0.6) is 0 Å². The first-order valence-electron chi connectivity index (χ1n) is 4.10. The molecule has 1 saturated heterocycles. The molecular formula is C7H12N2O4S. The first kappa shape index (κ1) is 11.3. The molecule has 0 aromatic carbocycles. The normalized spacial score (nSPS) is 23.1. The van der Waals surface area contributed by atoms with E-state index < -0.39 is 18.6 Å². The van der Waals surface area contributed by atoms with Gasteiger partial charge in [-0.1, -0.05) is 0 Å². The van der Waals surface area contributed by atoms with Crippen LogP contribution in [0.4, 0.5) is 0 Å². The summed E-state index contributed by atoms with van der Waals surface area (Å²) >= 11 is 1.57. The van der Waals surface area contributed by atoms with Crippen molar-refractivity contribution in [1.29, 1.82) is 0 Å². The Morgan fingerprint density at radius 3 is 2.79 bits per heavy atom. The Labute approximate surface area is 85.1 Å². The zero-order valence-corrected chi connectivity index (χ0v) is 8.21. The lowest BCUT2D eigenvalue weighted by molar-refractivity contribution is -0.143. The quantitative estimate of drug-likeness (QED) is 0.447. The number of carbonyl (C=O) groups is 2. The fourth-order valence-electron chi connectivity index (χ4n) is 1.02. The molecule has 4 N–H and O–H groups in total. The van der Waals surface area contributed by atoms with Crippen molar-refractivity contribution in [3.8, 4) is 0 Å². The maximum absolute atomic E-state index is 11.4. The van der Waals surface area contributed by atoms with Crippen LogP contribution in [0, 0.1) is 0 Å². The molecule has 14 heavy (non-hydrogen) atoms. The summed E-state index contributed by atoms with van der Waals surface area (Å²) in [5.41, 5.74) is 0. The van der Waals surface area contributed by atoms with Gasteiger partial charge in [0.2, 0.25) is 5.91 Å². The Hall–Kier alpha value is -0.790. The molecule has 0 aromatic rings. The van der Waals surface area contributed by atoms with Gasteiger partial charge >= 0.3 is 5.97 Å². The molecule has 0 aromatic heterocycles. The number of aliphatic hydroxyl groups excluding tert-OH is 1. The third-order valence-corrected chi connectivity index (χ3v) is 2.77. The molecule has 1 amide bonds. The van der Waals surface area contributed by atoms with E-state index in [1.54, 1.807) is 11.8 Å². The van der Waals surface area contributed by atoms with Gasteiger partial charge in [0.1, 0.15) is 6.04 Å². The predicted octanol–water partition coefficient (Wildman–Crippen LogP) is -1.79. The largest absolute Gasteiger partial charge is 0.480 e. The predicted molar refractivity (Wildman–Crippen MR) is 50.9 cm³/mol. The SMILES string of the molecule is O=C(O)C(CO)NC(=O)C1CSCN1. The number of thioether (sulfide) groups is 1. The van der Waals surface area contributed by atoms with E-state index in [1.807, 2.05) is 0 Å². The molecular weight excluding hydrogens is 208 g/mol. The van der Waals surface area contributed by atoms with Crippen LogP contribution in [0.1, 0.15) is 0 Å². The lowest BCUT2D eigenvalue weighted by Crippen LogP contribution is -2.50. The van der Waals surface area contributed by atoms with Crippen molar-refractivity contribution < 1.29 is 19.8 Å². The summed E-state index contributed by atoms with van der Waals surface area (Å²) in [4.78, 5) is 21.8. The second-order valence-corrected chi connectivity index (χ2v) is 3.88. The number of rotatable bonds is 4. The molecule has 0 bridgehead atoms. The summed E-state index contributed by atoms with van der Waals surface area (Å²) in [5, 5.41) is 22.4. The smallest absolute Gasteiger partial charge is 0.328 e. The summed E-state index contributed by atoms with van der Waals surface area (Å²) < 4.78 is 0. The van der Waals surface area contributed by atoms with Crippen molar-refractivity contribution in [3.63, 3.8) is 0 Å². The number of aliphatic hydroxyl groups is 1. The standard InChI is InChI=1S/C7H12N2O4S/c10-1-4(7(12)13)9-6(11)5-2-14-3-8-5/h4-5,8,10H,1-3H2,(H,9,11)(H,12,13). The van der Waals surface area contributed by atoms with Gasteiger partial charge in [-0.15, -0.1) is 11.8 Å². The maximum Gasteiger partial charge on any atom is 0.328 e. The molecule has 2 atom stereocenters. The van der Waals surface area contributed by atoms with E-state index >= 15 is 0 Å². The van der Waals surface area contributed by atoms with Crippen molar-refractivity contribution in [2.24, 2.45) is 0 Å². The van der Waals surface area contributed by atoms with E-state index in [-0.39, 0.29) is 11.9 Å². The third kappa shape index (κ3) is 2.86. The lowest BCUT2D eigenvalue weighted by atomic mass is 10.2. The number of aliphatic carboxylic acids is 1. The first-order chi connectivity index (χ1) is 6.65. The third-order valence-electron chi connectivity index (χ3n) is 1.83. The summed E-state index contributed by atoms with van der Waals surface area (Å²) in [5.74, 6) is -0.290. The summed E-state index contributed by atoms with van der Waals surface area (Å²) in [7, 11) is 0. The minimum atomic E-state index is -1.23. The van der Waals surface area contributed by atoms with Crippen LogP contribution in [0.15, 0.2) is 0 Å². The molecule has 1 aliphatic heterocycles. The molecule has 1 fully saturated rings. The second kappa shape index (κ2) is 5.18. The lowest BCUT2D eigenvalue weighted by Gasteiger charge is -2.14. The molecule has 1 aliphatic rings. The highest BCUT2D eigenvalue weighted by Gasteiger charge is 2.26. The fraction of sp³-hybridized carbons (Fsp3) is 0.714. The molecule has 80 valence electrons. The summed E-state index contributed by atoms with van der Waals surface area (Å²) in [6, 6.07) is -1.57. The van der Waals surface area contributed by atoms with Crippen molar-refractivity contribution in [2.45, 2.75) is 12.1 Å². The van der Waals surface area contributed by atoms with Gasteiger partial charge in [-0.3, -0.25) is 10.1 Å². The van der Waals surface area contributed by atoms with Crippen molar-refractivity contribution in [1.82, 2.24) is 10.6 Å². The Balaban J connectivity index is 2.41. The van der Waals surface area contributed by atoms with Crippen LogP contribution in [0.25, 0.3) is 0 Å². The molecule has 6 nitrogen and oxygen atoms in total.